The molecule has 0 bridgehead atoms. The van der Waals surface area contributed by atoms with Crippen molar-refractivity contribution in [3.63, 3.8) is 0 Å². The number of fused-ring (bicyclic) bond motifs is 9. The summed E-state index contributed by atoms with van der Waals surface area (Å²) < 4.78 is 4.88. The molecule has 3 aromatic heterocycles. The summed E-state index contributed by atoms with van der Waals surface area (Å²) in [5, 5.41) is 6.34. The van der Waals surface area contributed by atoms with Crippen LogP contribution in [0.15, 0.2) is 103 Å². The maximum Gasteiger partial charge on any atom is 0.149 e. The van der Waals surface area contributed by atoms with Gasteiger partial charge in [0.05, 0.1) is 28.8 Å². The Labute approximate surface area is 231 Å². The van der Waals surface area contributed by atoms with E-state index in [1.165, 1.54) is 65.7 Å². The van der Waals surface area contributed by atoms with E-state index in [0.29, 0.717) is 6.54 Å². The second-order valence-corrected chi connectivity index (χ2v) is 10.9. The number of benzene rings is 5. The van der Waals surface area contributed by atoms with Gasteiger partial charge in [0.2, 0.25) is 0 Å². The maximum atomic E-state index is 5.29. The lowest BCUT2D eigenvalue weighted by atomic mass is 9.88. The van der Waals surface area contributed by atoms with Crippen LogP contribution in [0.2, 0.25) is 0 Å². The third-order valence-electron chi connectivity index (χ3n) is 8.79. The van der Waals surface area contributed by atoms with E-state index in [9.17, 15) is 0 Å². The van der Waals surface area contributed by atoms with Gasteiger partial charge >= 0.3 is 0 Å². The molecular formula is C36H26N4. The van der Waals surface area contributed by atoms with Crippen LogP contribution in [0.4, 0.5) is 0 Å². The lowest BCUT2D eigenvalue weighted by molar-refractivity contribution is 0.803. The molecule has 4 nitrogen and oxygen atoms in total. The van der Waals surface area contributed by atoms with E-state index in [-0.39, 0.29) is 0 Å². The largest absolute Gasteiger partial charge is 0.341 e. The SMILES string of the molecule is CCn1c2ccccc2c2c1ccc1c3ccccc3n(Cc3nc4c5c(cccc5n3)Cc3ccccc3-4)c12. The molecule has 0 saturated heterocycles. The first-order valence-electron chi connectivity index (χ1n) is 14.1. The van der Waals surface area contributed by atoms with Crippen molar-refractivity contribution in [1.29, 1.82) is 0 Å². The second-order valence-electron chi connectivity index (χ2n) is 10.9. The average Bonchev–Trinajstić information content (AvgIpc) is 3.49. The summed E-state index contributed by atoms with van der Waals surface area (Å²) in [5.74, 6) is 0.843. The Morgan fingerprint density at radius 2 is 1.35 bits per heavy atom. The zero-order valence-electron chi connectivity index (χ0n) is 22.2. The van der Waals surface area contributed by atoms with E-state index in [1.807, 2.05) is 0 Å². The molecule has 0 unspecified atom stereocenters. The third kappa shape index (κ3) is 2.85. The molecule has 0 radical (unpaired) electrons. The molecule has 0 saturated carbocycles. The van der Waals surface area contributed by atoms with Gasteiger partial charge in [0.15, 0.2) is 0 Å². The maximum absolute atomic E-state index is 5.29. The highest BCUT2D eigenvalue weighted by Crippen LogP contribution is 2.41. The summed E-state index contributed by atoms with van der Waals surface area (Å²) in [5.41, 5.74) is 11.0. The first-order chi connectivity index (χ1) is 19.8. The smallest absolute Gasteiger partial charge is 0.149 e. The van der Waals surface area contributed by atoms with Crippen molar-refractivity contribution in [2.24, 2.45) is 0 Å². The Balaban J connectivity index is 1.37. The monoisotopic (exact) mass is 514 g/mol. The van der Waals surface area contributed by atoms with Crippen LogP contribution in [0.25, 0.3) is 65.8 Å². The van der Waals surface area contributed by atoms with Crippen molar-refractivity contribution in [2.45, 2.75) is 26.4 Å². The number of hydrogen-bond acceptors (Lipinski definition) is 2. The number of para-hydroxylation sites is 2. The van der Waals surface area contributed by atoms with Crippen molar-refractivity contribution in [1.82, 2.24) is 19.1 Å². The van der Waals surface area contributed by atoms with Gasteiger partial charge in [-0.3, -0.25) is 0 Å². The molecule has 0 fully saturated rings. The lowest BCUT2D eigenvalue weighted by Crippen LogP contribution is -2.09. The quantitative estimate of drug-likeness (QED) is 0.237. The molecule has 3 heterocycles. The van der Waals surface area contributed by atoms with Crippen LogP contribution in [0.3, 0.4) is 0 Å². The van der Waals surface area contributed by atoms with Gasteiger partial charge in [0.25, 0.3) is 0 Å². The minimum Gasteiger partial charge on any atom is -0.341 e. The molecule has 8 aromatic rings. The molecule has 1 aliphatic carbocycles. The summed E-state index contributed by atoms with van der Waals surface area (Å²) in [6.07, 6.45) is 0.926. The standard InChI is InChI=1S/C36H26N4/c1-2-39-30-17-8-6-14-27(30)34-31(39)19-18-26-25-13-5-7-16-29(25)40(36(26)34)21-32-37-28-15-9-11-23-20-22-10-3-4-12-24(22)35(38-32)33(23)28/h3-19H,2,20-21H2,1H3. The number of aromatic nitrogens is 4. The molecule has 0 spiro atoms. The van der Waals surface area contributed by atoms with Crippen LogP contribution in [0, 0.1) is 0 Å². The summed E-state index contributed by atoms with van der Waals surface area (Å²) in [4.78, 5) is 10.5. The van der Waals surface area contributed by atoms with Gasteiger partial charge in [-0.1, -0.05) is 78.9 Å². The van der Waals surface area contributed by atoms with Gasteiger partial charge < -0.3 is 9.13 Å². The number of rotatable bonds is 3. The fourth-order valence-electron chi connectivity index (χ4n) is 7.15. The molecule has 0 N–H and O–H groups in total. The van der Waals surface area contributed by atoms with Gasteiger partial charge in [0, 0.05) is 50.1 Å². The van der Waals surface area contributed by atoms with Crippen LogP contribution in [0.1, 0.15) is 23.9 Å². The van der Waals surface area contributed by atoms with Gasteiger partial charge in [-0.2, -0.15) is 0 Å². The highest BCUT2D eigenvalue weighted by atomic mass is 15.0. The lowest BCUT2D eigenvalue weighted by Gasteiger charge is -2.20. The van der Waals surface area contributed by atoms with E-state index in [0.717, 1.165) is 30.0 Å². The zero-order chi connectivity index (χ0) is 26.4. The van der Waals surface area contributed by atoms with Crippen molar-refractivity contribution in [3.05, 3.63) is 120 Å². The summed E-state index contributed by atoms with van der Waals surface area (Å²) in [6.45, 7) is 3.75. The summed E-state index contributed by atoms with van der Waals surface area (Å²) in [6, 6.07) is 37.3. The van der Waals surface area contributed by atoms with E-state index in [1.54, 1.807) is 0 Å². The molecule has 190 valence electrons. The van der Waals surface area contributed by atoms with Crippen molar-refractivity contribution >= 4 is 54.5 Å². The highest BCUT2D eigenvalue weighted by Gasteiger charge is 2.23. The zero-order valence-corrected chi connectivity index (χ0v) is 22.2. The Morgan fingerprint density at radius 1 is 0.600 bits per heavy atom. The third-order valence-corrected chi connectivity index (χ3v) is 8.79. The Kier molecular flexibility index (Phi) is 4.40. The van der Waals surface area contributed by atoms with Crippen LogP contribution in [0.5, 0.6) is 0 Å². The van der Waals surface area contributed by atoms with Crippen LogP contribution >= 0.6 is 0 Å². The van der Waals surface area contributed by atoms with Gasteiger partial charge in [-0.25, -0.2) is 9.97 Å². The normalized spacial score (nSPS) is 12.7. The Hall–Kier alpha value is -4.96. The molecule has 40 heavy (non-hydrogen) atoms. The molecule has 4 heteroatoms. The molecule has 0 amide bonds. The topological polar surface area (TPSA) is 35.6 Å². The first kappa shape index (κ1) is 21.9. The van der Waals surface area contributed by atoms with E-state index < -0.39 is 0 Å². The summed E-state index contributed by atoms with van der Waals surface area (Å²) >= 11 is 0. The first-order valence-corrected chi connectivity index (χ1v) is 14.1. The molecule has 1 aliphatic rings. The predicted molar refractivity (Wildman–Crippen MR) is 165 cm³/mol. The molecule has 9 rings (SSSR count). The fourth-order valence-corrected chi connectivity index (χ4v) is 7.15. The van der Waals surface area contributed by atoms with Gasteiger partial charge in [-0.15, -0.1) is 0 Å². The van der Waals surface area contributed by atoms with Crippen molar-refractivity contribution < 1.29 is 0 Å². The number of nitrogens with zero attached hydrogens (tertiary/aromatic N) is 4. The molecule has 5 aromatic carbocycles. The van der Waals surface area contributed by atoms with Crippen molar-refractivity contribution in [3.8, 4) is 11.3 Å². The Morgan fingerprint density at radius 3 is 2.23 bits per heavy atom. The van der Waals surface area contributed by atoms with Gasteiger partial charge in [-0.05, 0) is 48.7 Å². The average molecular weight is 515 g/mol. The minimum atomic E-state index is 0.601. The second kappa shape index (κ2) is 8.03. The molecule has 0 aliphatic heterocycles. The highest BCUT2D eigenvalue weighted by molar-refractivity contribution is 6.25. The van der Waals surface area contributed by atoms with E-state index in [2.05, 4.69) is 119 Å². The van der Waals surface area contributed by atoms with Crippen LogP contribution in [-0.4, -0.2) is 19.1 Å². The van der Waals surface area contributed by atoms with Crippen molar-refractivity contribution in [2.75, 3.05) is 0 Å². The Bertz CT molecular complexity index is 2320. The van der Waals surface area contributed by atoms with Crippen LogP contribution in [-0.2, 0) is 19.5 Å². The fraction of sp³-hybridized carbons (Fsp3) is 0.111. The summed E-state index contributed by atoms with van der Waals surface area (Å²) in [7, 11) is 0. The minimum absolute atomic E-state index is 0.601. The predicted octanol–water partition coefficient (Wildman–Crippen LogP) is 8.49. The number of aryl methyl sites for hydroxylation is 1. The molecular weight excluding hydrogens is 488 g/mol. The van der Waals surface area contributed by atoms with Gasteiger partial charge in [0.1, 0.15) is 5.82 Å². The molecule has 0 atom stereocenters. The number of hydrogen-bond donors (Lipinski definition) is 0. The van der Waals surface area contributed by atoms with E-state index in [4.69, 9.17) is 9.97 Å². The van der Waals surface area contributed by atoms with E-state index >= 15 is 0 Å². The van der Waals surface area contributed by atoms with Crippen LogP contribution < -0.4 is 0 Å².